The molecule has 3 aromatic rings. The van der Waals surface area contributed by atoms with Crippen molar-refractivity contribution >= 4 is 91.0 Å². The third-order valence-corrected chi connectivity index (χ3v) is 6.64. The summed E-state index contributed by atoms with van der Waals surface area (Å²) in [7, 11) is 0. The number of nitrogens with zero attached hydrogens (tertiary/aromatic N) is 1. The van der Waals surface area contributed by atoms with Gasteiger partial charge in [-0.3, -0.25) is 4.79 Å². The molecule has 0 bridgehead atoms. The van der Waals surface area contributed by atoms with Gasteiger partial charge in [-0.2, -0.15) is 5.26 Å². The van der Waals surface area contributed by atoms with Gasteiger partial charge in [0.15, 0.2) is 0 Å². The van der Waals surface area contributed by atoms with Gasteiger partial charge in [0.05, 0.1) is 28.8 Å². The van der Waals surface area contributed by atoms with E-state index in [1.165, 1.54) is 6.08 Å². The van der Waals surface area contributed by atoms with Crippen molar-refractivity contribution < 1.29 is 9.53 Å². The SMILES string of the molecule is N#C/C(=C\c1cc(Br)c(OCc2ccc(Cl)c(Cl)c2)c(I)c1)C(=O)Nc1ccccc1Cl. The largest absolute Gasteiger partial charge is 0.487 e. The quantitative estimate of drug-likeness (QED) is 0.165. The van der Waals surface area contributed by atoms with Gasteiger partial charge >= 0.3 is 0 Å². The van der Waals surface area contributed by atoms with Crippen molar-refractivity contribution in [3.63, 3.8) is 0 Å². The van der Waals surface area contributed by atoms with E-state index in [9.17, 15) is 10.1 Å². The smallest absolute Gasteiger partial charge is 0.266 e. The molecule has 0 radical (unpaired) electrons. The first kappa shape index (κ1) is 24.9. The highest BCUT2D eigenvalue weighted by molar-refractivity contribution is 14.1. The van der Waals surface area contributed by atoms with E-state index in [0.717, 1.165) is 9.13 Å². The highest BCUT2D eigenvalue weighted by Gasteiger charge is 2.14. The molecule has 0 saturated carbocycles. The summed E-state index contributed by atoms with van der Waals surface area (Å²) >= 11 is 23.7. The maximum absolute atomic E-state index is 12.5. The molecule has 0 heterocycles. The van der Waals surface area contributed by atoms with Crippen LogP contribution in [0.5, 0.6) is 5.75 Å². The number of nitrogens with one attached hydrogen (secondary N) is 1. The Morgan fingerprint density at radius 3 is 2.50 bits per heavy atom. The average molecular weight is 663 g/mol. The number of ether oxygens (including phenoxy) is 1. The summed E-state index contributed by atoms with van der Waals surface area (Å²) in [6.07, 6.45) is 1.50. The summed E-state index contributed by atoms with van der Waals surface area (Å²) in [6, 6.07) is 17.6. The van der Waals surface area contributed by atoms with Crippen molar-refractivity contribution in [3.8, 4) is 11.8 Å². The van der Waals surface area contributed by atoms with E-state index in [1.807, 2.05) is 18.2 Å². The Kier molecular flexibility index (Phi) is 8.86. The number of nitriles is 1. The molecule has 32 heavy (non-hydrogen) atoms. The number of carbonyl (C=O) groups is 1. The fourth-order valence-corrected chi connectivity index (χ4v) is 4.93. The molecule has 162 valence electrons. The standard InChI is InChI=1S/C23H13BrCl3IN2O2/c24-16-8-14(7-15(11-29)23(31)30-21-4-2-1-3-18(21)26)10-20(28)22(16)32-12-13-5-6-17(25)19(27)9-13/h1-10H,12H2,(H,30,31)/b15-7+. The van der Waals surface area contributed by atoms with Crippen LogP contribution in [0.2, 0.25) is 15.1 Å². The molecule has 0 aliphatic rings. The molecular formula is C23H13BrCl3IN2O2. The van der Waals surface area contributed by atoms with Crippen LogP contribution in [0.3, 0.4) is 0 Å². The van der Waals surface area contributed by atoms with Gasteiger partial charge in [-0.1, -0.05) is 53.0 Å². The molecule has 1 N–H and O–H groups in total. The van der Waals surface area contributed by atoms with E-state index < -0.39 is 5.91 Å². The van der Waals surface area contributed by atoms with E-state index in [0.29, 0.717) is 43.1 Å². The summed E-state index contributed by atoms with van der Waals surface area (Å²) in [6.45, 7) is 0.296. The summed E-state index contributed by atoms with van der Waals surface area (Å²) in [5.41, 5.74) is 1.90. The van der Waals surface area contributed by atoms with Gasteiger partial charge in [-0.25, -0.2) is 0 Å². The Labute approximate surface area is 222 Å². The Morgan fingerprint density at radius 2 is 1.84 bits per heavy atom. The molecule has 1 amide bonds. The second-order valence-corrected chi connectivity index (χ2v) is 9.69. The monoisotopic (exact) mass is 660 g/mol. The van der Waals surface area contributed by atoms with Crippen molar-refractivity contribution in [2.45, 2.75) is 6.61 Å². The van der Waals surface area contributed by atoms with Crippen LogP contribution in [-0.4, -0.2) is 5.91 Å². The summed E-state index contributed by atoms with van der Waals surface area (Å²) in [4.78, 5) is 12.5. The third-order valence-electron chi connectivity index (χ3n) is 4.19. The zero-order valence-electron chi connectivity index (χ0n) is 16.1. The summed E-state index contributed by atoms with van der Waals surface area (Å²) in [5.74, 6) is 0.0829. The number of anilines is 1. The number of hydrogen-bond donors (Lipinski definition) is 1. The predicted molar refractivity (Wildman–Crippen MR) is 141 cm³/mol. The van der Waals surface area contributed by atoms with Crippen molar-refractivity contribution in [2.24, 2.45) is 0 Å². The molecule has 3 rings (SSSR count). The second kappa shape index (κ2) is 11.4. The van der Waals surface area contributed by atoms with Gasteiger partial charge in [-0.15, -0.1) is 0 Å². The van der Waals surface area contributed by atoms with Gasteiger partial charge in [0, 0.05) is 0 Å². The normalized spacial score (nSPS) is 11.1. The molecule has 0 atom stereocenters. The number of amides is 1. The molecule has 0 aliphatic carbocycles. The maximum atomic E-state index is 12.5. The highest BCUT2D eigenvalue weighted by atomic mass is 127. The fraction of sp³-hybridized carbons (Fsp3) is 0.0435. The predicted octanol–water partition coefficient (Wildman–Crippen LogP) is 8.14. The van der Waals surface area contributed by atoms with Gasteiger partial charge in [0.1, 0.15) is 24.0 Å². The van der Waals surface area contributed by atoms with E-state index in [1.54, 1.807) is 42.5 Å². The fourth-order valence-electron chi connectivity index (χ4n) is 2.65. The molecule has 0 aliphatic heterocycles. The van der Waals surface area contributed by atoms with Crippen LogP contribution in [0.15, 0.2) is 64.6 Å². The van der Waals surface area contributed by atoms with Crippen molar-refractivity contribution in [2.75, 3.05) is 5.32 Å². The van der Waals surface area contributed by atoms with E-state index in [2.05, 4.69) is 43.8 Å². The second-order valence-electron chi connectivity index (χ2n) is 6.45. The summed E-state index contributed by atoms with van der Waals surface area (Å²) in [5, 5.41) is 13.5. The van der Waals surface area contributed by atoms with Crippen molar-refractivity contribution in [1.82, 2.24) is 0 Å². The maximum Gasteiger partial charge on any atom is 0.266 e. The first-order chi connectivity index (χ1) is 15.3. The first-order valence-electron chi connectivity index (χ1n) is 9.02. The first-order valence-corrected chi connectivity index (χ1v) is 12.0. The lowest BCUT2D eigenvalue weighted by Gasteiger charge is -2.12. The minimum Gasteiger partial charge on any atom is -0.487 e. The Morgan fingerprint density at radius 1 is 1.09 bits per heavy atom. The zero-order valence-corrected chi connectivity index (χ0v) is 22.1. The van der Waals surface area contributed by atoms with Crippen LogP contribution in [0.1, 0.15) is 11.1 Å². The third kappa shape index (κ3) is 6.40. The molecule has 3 aromatic carbocycles. The van der Waals surface area contributed by atoms with Gasteiger partial charge in [0.25, 0.3) is 5.91 Å². The molecule has 0 unspecified atom stereocenters. The molecule has 4 nitrogen and oxygen atoms in total. The van der Waals surface area contributed by atoms with Gasteiger partial charge in [-0.05, 0) is 92.1 Å². The molecular weight excluding hydrogens is 649 g/mol. The lowest BCUT2D eigenvalue weighted by molar-refractivity contribution is -0.112. The average Bonchev–Trinajstić information content (AvgIpc) is 2.75. The molecule has 0 spiro atoms. The molecule has 0 fully saturated rings. The molecule has 9 heteroatoms. The lowest BCUT2D eigenvalue weighted by atomic mass is 10.1. The minimum atomic E-state index is -0.549. The number of benzene rings is 3. The number of halogens is 5. The Bertz CT molecular complexity index is 1240. The summed E-state index contributed by atoms with van der Waals surface area (Å²) < 4.78 is 7.42. The molecule has 0 aromatic heterocycles. The highest BCUT2D eigenvalue weighted by Crippen LogP contribution is 2.34. The van der Waals surface area contributed by atoms with Crippen LogP contribution >= 0.6 is 73.3 Å². The topological polar surface area (TPSA) is 62.1 Å². The van der Waals surface area contributed by atoms with E-state index in [-0.39, 0.29) is 5.57 Å². The zero-order chi connectivity index (χ0) is 23.3. The van der Waals surface area contributed by atoms with Crippen molar-refractivity contribution in [1.29, 1.82) is 5.26 Å². The van der Waals surface area contributed by atoms with Crippen LogP contribution < -0.4 is 10.1 Å². The molecule has 0 saturated heterocycles. The van der Waals surface area contributed by atoms with Gasteiger partial charge < -0.3 is 10.1 Å². The number of hydrogen-bond acceptors (Lipinski definition) is 3. The minimum absolute atomic E-state index is 0.0582. The Balaban J connectivity index is 1.78. The van der Waals surface area contributed by atoms with E-state index in [4.69, 9.17) is 39.5 Å². The number of para-hydroxylation sites is 1. The van der Waals surface area contributed by atoms with Crippen LogP contribution in [-0.2, 0) is 11.4 Å². The van der Waals surface area contributed by atoms with E-state index >= 15 is 0 Å². The number of carbonyl (C=O) groups excluding carboxylic acids is 1. The van der Waals surface area contributed by atoms with Crippen LogP contribution in [0.4, 0.5) is 5.69 Å². The Hall–Kier alpha value is -1.76. The lowest BCUT2D eigenvalue weighted by Crippen LogP contribution is -2.13. The van der Waals surface area contributed by atoms with Crippen LogP contribution in [0.25, 0.3) is 6.08 Å². The van der Waals surface area contributed by atoms with Crippen molar-refractivity contribution in [3.05, 3.63) is 94.4 Å². The number of rotatable bonds is 6. The van der Waals surface area contributed by atoms with Gasteiger partial charge in [0.2, 0.25) is 0 Å². The van der Waals surface area contributed by atoms with Crippen LogP contribution in [0, 0.1) is 14.9 Å².